The van der Waals surface area contributed by atoms with E-state index in [0.29, 0.717) is 29.1 Å². The van der Waals surface area contributed by atoms with Crippen LogP contribution < -0.4 is 4.74 Å². The van der Waals surface area contributed by atoms with Gasteiger partial charge in [-0.2, -0.15) is 9.57 Å². The molecule has 0 bridgehead atoms. The van der Waals surface area contributed by atoms with Crippen LogP contribution in [-0.2, 0) is 27.7 Å². The number of sulfonamides is 1. The number of piperidine rings is 1. The Balaban J connectivity index is 1.39. The number of hydrogen-bond acceptors (Lipinski definition) is 5. The average Bonchev–Trinajstić information content (AvgIpc) is 3.22. The first-order valence-corrected chi connectivity index (χ1v) is 11.3. The summed E-state index contributed by atoms with van der Waals surface area (Å²) < 4.78 is 32.9. The van der Waals surface area contributed by atoms with Gasteiger partial charge < -0.3 is 4.74 Å². The predicted octanol–water partition coefficient (Wildman–Crippen LogP) is 3.05. The number of aryl methyl sites for hydroxylation is 2. The molecule has 4 rings (SSSR count). The highest BCUT2D eigenvalue weighted by Crippen LogP contribution is 2.29. The van der Waals surface area contributed by atoms with Crippen LogP contribution in [0.4, 0.5) is 0 Å². The van der Waals surface area contributed by atoms with Gasteiger partial charge in [0.2, 0.25) is 10.0 Å². The van der Waals surface area contributed by atoms with Crippen molar-refractivity contribution in [3.05, 3.63) is 59.2 Å². The Hall–Kier alpha value is -2.69. The second-order valence-electron chi connectivity index (χ2n) is 7.52. The molecule has 1 fully saturated rings. The van der Waals surface area contributed by atoms with Crippen LogP contribution in [0.1, 0.15) is 36.0 Å². The number of benzene rings is 2. The van der Waals surface area contributed by atoms with Gasteiger partial charge >= 0.3 is 5.97 Å². The van der Waals surface area contributed by atoms with E-state index in [4.69, 9.17) is 10.00 Å². The molecular weight excluding hydrogens is 388 g/mol. The van der Waals surface area contributed by atoms with Crippen molar-refractivity contribution in [2.75, 3.05) is 13.1 Å². The summed E-state index contributed by atoms with van der Waals surface area (Å²) in [6.45, 7) is 0.578. The smallest absolute Gasteiger partial charge is 0.314 e. The van der Waals surface area contributed by atoms with Crippen molar-refractivity contribution in [2.24, 2.45) is 5.92 Å². The number of esters is 1. The Morgan fingerprint density at radius 1 is 1.07 bits per heavy atom. The van der Waals surface area contributed by atoms with Gasteiger partial charge in [-0.3, -0.25) is 4.79 Å². The summed E-state index contributed by atoms with van der Waals surface area (Å²) in [6.07, 6.45) is 3.85. The number of carbonyl (C=O) groups excluding carboxylic acids is 1. The van der Waals surface area contributed by atoms with Gasteiger partial charge in [-0.1, -0.05) is 12.1 Å². The second-order valence-corrected chi connectivity index (χ2v) is 9.46. The van der Waals surface area contributed by atoms with Gasteiger partial charge in [0.15, 0.2) is 0 Å². The van der Waals surface area contributed by atoms with Crippen LogP contribution in [0.25, 0.3) is 0 Å². The Morgan fingerprint density at radius 2 is 1.83 bits per heavy atom. The molecule has 0 radical (unpaired) electrons. The molecule has 0 amide bonds. The molecule has 0 aromatic heterocycles. The standard InChI is InChI=1S/C22H22N2O4S/c23-15-16-3-1-6-20(13-16)28-22(25)18-9-11-24(12-10-18)29(26,27)21-8-7-17-4-2-5-19(17)14-21/h1,3,6-8,13-14,18H,2,4-5,9-12H2. The minimum atomic E-state index is -3.56. The lowest BCUT2D eigenvalue weighted by Crippen LogP contribution is -2.41. The third-order valence-corrected chi connectivity index (χ3v) is 7.57. The van der Waals surface area contributed by atoms with E-state index in [2.05, 4.69) is 0 Å². The number of carbonyl (C=O) groups is 1. The highest BCUT2D eigenvalue weighted by Gasteiger charge is 2.33. The van der Waals surface area contributed by atoms with Crippen molar-refractivity contribution in [1.29, 1.82) is 5.26 Å². The van der Waals surface area contributed by atoms with Crippen molar-refractivity contribution >= 4 is 16.0 Å². The number of fused-ring (bicyclic) bond motifs is 1. The summed E-state index contributed by atoms with van der Waals surface area (Å²) in [7, 11) is -3.56. The summed E-state index contributed by atoms with van der Waals surface area (Å²) in [5.41, 5.74) is 2.79. The highest BCUT2D eigenvalue weighted by molar-refractivity contribution is 7.89. The number of ether oxygens (including phenoxy) is 1. The molecule has 2 aliphatic rings. The van der Waals surface area contributed by atoms with Crippen molar-refractivity contribution in [2.45, 2.75) is 37.0 Å². The summed E-state index contributed by atoms with van der Waals surface area (Å²) in [4.78, 5) is 12.8. The van der Waals surface area contributed by atoms with Gasteiger partial charge in [0.25, 0.3) is 0 Å². The molecule has 0 N–H and O–H groups in total. The molecule has 6 nitrogen and oxygen atoms in total. The van der Waals surface area contributed by atoms with Gasteiger partial charge in [0.1, 0.15) is 5.75 Å². The van der Waals surface area contributed by atoms with Crippen molar-refractivity contribution in [3.8, 4) is 11.8 Å². The molecule has 2 aromatic rings. The first kappa shape index (κ1) is 19.6. The van der Waals surface area contributed by atoms with E-state index in [0.717, 1.165) is 24.8 Å². The van der Waals surface area contributed by atoms with Crippen LogP contribution in [0.2, 0.25) is 0 Å². The van der Waals surface area contributed by atoms with E-state index >= 15 is 0 Å². The van der Waals surface area contributed by atoms with Gasteiger partial charge in [-0.15, -0.1) is 0 Å². The third kappa shape index (κ3) is 4.04. The number of nitriles is 1. The Morgan fingerprint density at radius 3 is 2.59 bits per heavy atom. The van der Waals surface area contributed by atoms with Crippen molar-refractivity contribution < 1.29 is 17.9 Å². The van der Waals surface area contributed by atoms with E-state index in [1.807, 2.05) is 12.1 Å². The van der Waals surface area contributed by atoms with E-state index in [1.54, 1.807) is 30.3 Å². The van der Waals surface area contributed by atoms with Crippen LogP contribution in [-0.4, -0.2) is 31.8 Å². The van der Waals surface area contributed by atoms with Crippen LogP contribution in [0.5, 0.6) is 5.75 Å². The average molecular weight is 410 g/mol. The van der Waals surface area contributed by atoms with E-state index < -0.39 is 10.0 Å². The molecule has 0 unspecified atom stereocenters. The SMILES string of the molecule is N#Cc1cccc(OC(=O)C2CCN(S(=O)(=O)c3ccc4c(c3)CCC4)CC2)c1. The van der Waals surface area contributed by atoms with Crippen LogP contribution in [0.15, 0.2) is 47.4 Å². The van der Waals surface area contributed by atoms with E-state index in [-0.39, 0.29) is 25.0 Å². The summed E-state index contributed by atoms with van der Waals surface area (Å²) in [5, 5.41) is 8.94. The molecule has 0 spiro atoms. The quantitative estimate of drug-likeness (QED) is 0.571. The molecule has 1 aliphatic heterocycles. The van der Waals surface area contributed by atoms with Gasteiger partial charge in [0.05, 0.1) is 22.4 Å². The molecule has 1 saturated heterocycles. The van der Waals surface area contributed by atoms with Crippen LogP contribution in [0.3, 0.4) is 0 Å². The third-order valence-electron chi connectivity index (χ3n) is 5.68. The maximum absolute atomic E-state index is 13.0. The zero-order valence-electron chi connectivity index (χ0n) is 16.0. The predicted molar refractivity (Wildman–Crippen MR) is 107 cm³/mol. The Labute approximate surface area is 170 Å². The monoisotopic (exact) mass is 410 g/mol. The van der Waals surface area contributed by atoms with Gasteiger partial charge in [-0.05, 0) is 73.6 Å². The maximum Gasteiger partial charge on any atom is 0.314 e. The maximum atomic E-state index is 13.0. The molecule has 2 aromatic carbocycles. The fourth-order valence-electron chi connectivity index (χ4n) is 4.02. The molecule has 7 heteroatoms. The summed E-state index contributed by atoms with van der Waals surface area (Å²) in [6, 6.07) is 13.9. The van der Waals surface area contributed by atoms with Crippen molar-refractivity contribution in [1.82, 2.24) is 4.31 Å². The lowest BCUT2D eigenvalue weighted by molar-refractivity contribution is -0.140. The zero-order valence-corrected chi connectivity index (χ0v) is 16.8. The van der Waals surface area contributed by atoms with E-state index in [1.165, 1.54) is 15.9 Å². The second kappa shape index (κ2) is 7.97. The topological polar surface area (TPSA) is 87.5 Å². The lowest BCUT2D eigenvalue weighted by atomic mass is 9.98. The number of hydrogen-bond donors (Lipinski definition) is 0. The summed E-state index contributed by atoms with van der Waals surface area (Å²) >= 11 is 0. The Kier molecular flexibility index (Phi) is 5.39. The number of nitrogens with zero attached hydrogens (tertiary/aromatic N) is 2. The normalized spacial score (nSPS) is 17.5. The van der Waals surface area contributed by atoms with Crippen molar-refractivity contribution in [3.63, 3.8) is 0 Å². The zero-order chi connectivity index (χ0) is 20.4. The van der Waals surface area contributed by atoms with Crippen LogP contribution in [0, 0.1) is 17.2 Å². The number of rotatable bonds is 4. The van der Waals surface area contributed by atoms with E-state index in [9.17, 15) is 13.2 Å². The minimum absolute atomic E-state index is 0.289. The first-order valence-electron chi connectivity index (χ1n) is 9.81. The molecule has 0 saturated carbocycles. The lowest BCUT2D eigenvalue weighted by Gasteiger charge is -2.30. The van der Waals surface area contributed by atoms with Gasteiger partial charge in [0, 0.05) is 13.1 Å². The summed E-state index contributed by atoms with van der Waals surface area (Å²) in [5.74, 6) is -0.399. The largest absolute Gasteiger partial charge is 0.426 e. The molecule has 1 aliphatic carbocycles. The first-order chi connectivity index (χ1) is 14.0. The minimum Gasteiger partial charge on any atom is -0.426 e. The van der Waals surface area contributed by atoms with Crippen LogP contribution >= 0.6 is 0 Å². The molecule has 29 heavy (non-hydrogen) atoms. The Bertz CT molecular complexity index is 1080. The van der Waals surface area contributed by atoms with Gasteiger partial charge in [-0.25, -0.2) is 8.42 Å². The molecule has 150 valence electrons. The molecular formula is C22H22N2O4S. The fraction of sp³-hybridized carbons (Fsp3) is 0.364. The molecule has 1 heterocycles. The highest BCUT2D eigenvalue weighted by atomic mass is 32.2. The molecule has 0 atom stereocenters. The fourth-order valence-corrected chi connectivity index (χ4v) is 5.54.